The van der Waals surface area contributed by atoms with Crippen molar-refractivity contribution in [3.05, 3.63) is 23.8 Å². The summed E-state index contributed by atoms with van der Waals surface area (Å²) in [4.78, 5) is 11.9. The lowest BCUT2D eigenvalue weighted by Crippen LogP contribution is -2.37. The molecule has 106 valence electrons. The van der Waals surface area contributed by atoms with E-state index in [2.05, 4.69) is 5.32 Å². The molecule has 0 aliphatic carbocycles. The summed E-state index contributed by atoms with van der Waals surface area (Å²) in [5, 5.41) is 2.60. The fraction of sp³-hybridized carbons (Fsp3) is 0.417. The lowest BCUT2D eigenvalue weighted by atomic mass is 10.1. The molecule has 0 radical (unpaired) electrons. The van der Waals surface area contributed by atoms with E-state index in [1.807, 2.05) is 0 Å². The number of hydrogen-bond donors (Lipinski definition) is 2. The van der Waals surface area contributed by atoms with Crippen molar-refractivity contribution < 1.29 is 17.9 Å². The van der Waals surface area contributed by atoms with Gasteiger partial charge in [-0.25, -0.2) is 8.42 Å². The van der Waals surface area contributed by atoms with Crippen LogP contribution in [0.4, 0.5) is 5.69 Å². The maximum absolute atomic E-state index is 11.9. The molecule has 0 heterocycles. The molecule has 0 bridgehead atoms. The van der Waals surface area contributed by atoms with Gasteiger partial charge in [-0.3, -0.25) is 4.79 Å². The van der Waals surface area contributed by atoms with E-state index < -0.39 is 15.9 Å². The molecule has 19 heavy (non-hydrogen) atoms. The van der Waals surface area contributed by atoms with Crippen molar-refractivity contribution in [2.75, 3.05) is 24.9 Å². The first-order valence-corrected chi connectivity index (χ1v) is 7.70. The molecule has 0 spiro atoms. The van der Waals surface area contributed by atoms with Gasteiger partial charge in [-0.15, -0.1) is 0 Å². The van der Waals surface area contributed by atoms with Crippen LogP contribution in [0.25, 0.3) is 0 Å². The Labute approximate surface area is 112 Å². The van der Waals surface area contributed by atoms with Crippen molar-refractivity contribution >= 4 is 21.4 Å². The molecule has 1 aromatic rings. The number of amides is 1. The van der Waals surface area contributed by atoms with Gasteiger partial charge in [0.1, 0.15) is 15.6 Å². The number of anilines is 1. The Bertz CT molecular complexity index is 569. The Morgan fingerprint density at radius 2 is 2.05 bits per heavy atom. The number of rotatable bonds is 5. The number of nitrogen functional groups attached to an aromatic ring is 1. The van der Waals surface area contributed by atoms with Crippen molar-refractivity contribution in [2.24, 2.45) is 0 Å². The van der Waals surface area contributed by atoms with E-state index >= 15 is 0 Å². The molecule has 1 amide bonds. The topological polar surface area (TPSA) is 98.5 Å². The van der Waals surface area contributed by atoms with E-state index in [1.54, 1.807) is 19.1 Å². The second-order valence-electron chi connectivity index (χ2n) is 4.46. The van der Waals surface area contributed by atoms with Crippen LogP contribution >= 0.6 is 0 Å². The molecule has 1 atom stereocenters. The number of carbonyl (C=O) groups excluding carboxylic acids is 1. The number of ether oxygens (including phenoxy) is 1. The zero-order chi connectivity index (χ0) is 14.6. The van der Waals surface area contributed by atoms with Crippen molar-refractivity contribution in [1.82, 2.24) is 5.32 Å². The third-order valence-electron chi connectivity index (χ3n) is 2.36. The summed E-state index contributed by atoms with van der Waals surface area (Å²) in [6.45, 7) is 1.63. The second-order valence-corrected chi connectivity index (χ2v) is 6.65. The summed E-state index contributed by atoms with van der Waals surface area (Å²) in [5.41, 5.74) is 6.38. The number of benzene rings is 1. The Balaban J connectivity index is 2.81. The Hall–Kier alpha value is -1.76. The van der Waals surface area contributed by atoms with Crippen molar-refractivity contribution in [3.63, 3.8) is 0 Å². The van der Waals surface area contributed by atoms with Crippen molar-refractivity contribution in [3.8, 4) is 5.75 Å². The van der Waals surface area contributed by atoms with Crippen LogP contribution in [0.5, 0.6) is 5.75 Å². The predicted molar refractivity (Wildman–Crippen MR) is 74.0 cm³/mol. The molecule has 0 fully saturated rings. The summed E-state index contributed by atoms with van der Waals surface area (Å²) in [6, 6.07) is 4.16. The maximum atomic E-state index is 11.9. The molecule has 6 nitrogen and oxygen atoms in total. The molecule has 7 heteroatoms. The van der Waals surface area contributed by atoms with Crippen molar-refractivity contribution in [2.45, 2.75) is 13.0 Å². The quantitative estimate of drug-likeness (QED) is 0.765. The molecule has 1 rings (SSSR count). The fourth-order valence-electron chi connectivity index (χ4n) is 1.67. The summed E-state index contributed by atoms with van der Waals surface area (Å²) in [6.07, 6.45) is 1.12. The van der Waals surface area contributed by atoms with Crippen molar-refractivity contribution in [1.29, 1.82) is 0 Å². The zero-order valence-corrected chi connectivity index (χ0v) is 12.0. The van der Waals surface area contributed by atoms with Crippen LogP contribution in [0.15, 0.2) is 18.2 Å². The monoisotopic (exact) mass is 286 g/mol. The molecule has 1 unspecified atom stereocenters. The first kappa shape index (κ1) is 15.3. The van der Waals surface area contributed by atoms with Gasteiger partial charge in [-0.05, 0) is 19.1 Å². The molecule has 0 aliphatic rings. The van der Waals surface area contributed by atoms with Crippen LogP contribution in [0.2, 0.25) is 0 Å². The third kappa shape index (κ3) is 5.17. The van der Waals surface area contributed by atoms with E-state index in [0.29, 0.717) is 17.0 Å². The van der Waals surface area contributed by atoms with Gasteiger partial charge in [-0.2, -0.15) is 0 Å². The van der Waals surface area contributed by atoms with Gasteiger partial charge in [0.2, 0.25) is 0 Å². The molecule has 0 saturated carbocycles. The van der Waals surface area contributed by atoms with Crippen LogP contribution < -0.4 is 15.8 Å². The molecule has 3 N–H and O–H groups in total. The van der Waals surface area contributed by atoms with Gasteiger partial charge in [0.25, 0.3) is 5.91 Å². The third-order valence-corrected chi connectivity index (χ3v) is 3.46. The van der Waals surface area contributed by atoms with E-state index in [9.17, 15) is 13.2 Å². The highest BCUT2D eigenvalue weighted by molar-refractivity contribution is 7.90. The molecular weight excluding hydrogens is 268 g/mol. The van der Waals surface area contributed by atoms with Gasteiger partial charge < -0.3 is 15.8 Å². The van der Waals surface area contributed by atoms with Crippen LogP contribution in [-0.4, -0.2) is 39.5 Å². The number of hydrogen-bond acceptors (Lipinski definition) is 5. The number of nitrogens with one attached hydrogen (secondary N) is 1. The summed E-state index contributed by atoms with van der Waals surface area (Å²) < 4.78 is 27.3. The zero-order valence-electron chi connectivity index (χ0n) is 11.1. The lowest BCUT2D eigenvalue weighted by molar-refractivity contribution is 0.0943. The van der Waals surface area contributed by atoms with Crippen LogP contribution in [0.1, 0.15) is 17.3 Å². The maximum Gasteiger partial charge on any atom is 0.251 e. The van der Waals surface area contributed by atoms with Gasteiger partial charge in [-0.1, -0.05) is 0 Å². The van der Waals surface area contributed by atoms with Crippen LogP contribution in [0, 0.1) is 0 Å². The predicted octanol–water partition coefficient (Wildman–Crippen LogP) is 0.440. The summed E-state index contributed by atoms with van der Waals surface area (Å²) >= 11 is 0. The normalized spacial score (nSPS) is 12.8. The van der Waals surface area contributed by atoms with Gasteiger partial charge >= 0.3 is 0 Å². The highest BCUT2D eigenvalue weighted by atomic mass is 32.2. The highest BCUT2D eigenvalue weighted by Crippen LogP contribution is 2.18. The minimum atomic E-state index is -3.14. The smallest absolute Gasteiger partial charge is 0.251 e. The SMILES string of the molecule is COc1cc(N)cc(C(=O)NC(C)CS(C)(=O)=O)c1. The number of sulfone groups is 1. The van der Waals surface area contributed by atoms with E-state index in [0.717, 1.165) is 6.26 Å². The minimum absolute atomic E-state index is 0.113. The summed E-state index contributed by atoms with van der Waals surface area (Å²) in [5.74, 6) is -0.0271. The van der Waals surface area contributed by atoms with Crippen LogP contribution in [0.3, 0.4) is 0 Å². The van der Waals surface area contributed by atoms with Gasteiger partial charge in [0.05, 0.1) is 12.9 Å². The molecule has 0 aromatic heterocycles. The first-order chi connectivity index (χ1) is 8.71. The van der Waals surface area contributed by atoms with Crippen LogP contribution in [-0.2, 0) is 9.84 Å². The number of carbonyl (C=O) groups is 1. The van der Waals surface area contributed by atoms with E-state index in [-0.39, 0.29) is 11.7 Å². The molecular formula is C12H18N2O4S. The first-order valence-electron chi connectivity index (χ1n) is 5.64. The standard InChI is InChI=1S/C12H18N2O4S/c1-8(7-19(3,16)17)14-12(15)9-4-10(13)6-11(5-9)18-2/h4-6,8H,7,13H2,1-3H3,(H,14,15). The second kappa shape index (κ2) is 5.92. The highest BCUT2D eigenvalue weighted by Gasteiger charge is 2.15. The molecule has 0 saturated heterocycles. The Morgan fingerprint density at radius 3 is 2.58 bits per heavy atom. The average molecular weight is 286 g/mol. The Kier molecular flexibility index (Phi) is 4.77. The van der Waals surface area contributed by atoms with Gasteiger partial charge in [0.15, 0.2) is 0 Å². The number of methoxy groups -OCH3 is 1. The molecule has 1 aromatic carbocycles. The lowest BCUT2D eigenvalue weighted by Gasteiger charge is -2.13. The molecule has 0 aliphatic heterocycles. The fourth-order valence-corrected chi connectivity index (χ4v) is 2.67. The van der Waals surface area contributed by atoms with E-state index in [1.165, 1.54) is 13.2 Å². The van der Waals surface area contributed by atoms with Gasteiger partial charge in [0, 0.05) is 29.6 Å². The van der Waals surface area contributed by atoms with E-state index in [4.69, 9.17) is 10.5 Å². The Morgan fingerprint density at radius 1 is 1.42 bits per heavy atom. The number of nitrogens with two attached hydrogens (primary N) is 1. The average Bonchev–Trinajstić information content (AvgIpc) is 2.25. The summed E-state index contributed by atoms with van der Waals surface area (Å²) in [7, 11) is -1.66. The largest absolute Gasteiger partial charge is 0.497 e. The minimum Gasteiger partial charge on any atom is -0.497 e.